The Labute approximate surface area is 223 Å². The van der Waals surface area contributed by atoms with Crippen molar-refractivity contribution in [3.05, 3.63) is 59.4 Å². The van der Waals surface area contributed by atoms with Crippen LogP contribution in [0, 0.1) is 59.4 Å². The Kier molecular flexibility index (Phi) is 4800. The van der Waals surface area contributed by atoms with Crippen molar-refractivity contribution in [3.63, 3.8) is 0 Å². The van der Waals surface area contributed by atoms with Gasteiger partial charge in [-0.2, -0.15) is 0 Å². The van der Waals surface area contributed by atoms with Gasteiger partial charge in [-0.3, -0.25) is 0 Å². The maximum absolute atomic E-state index is 0. The van der Waals surface area contributed by atoms with Gasteiger partial charge in [-0.25, -0.2) is 0 Å². The average molecular weight is 1590 g/mol. The van der Waals surface area contributed by atoms with Gasteiger partial charge < -0.3 is 59.4 Å². The number of hydrogen-bond donors (Lipinski definition) is 0. The van der Waals surface area contributed by atoms with E-state index in [0.29, 0.717) is 0 Å². The Hall–Kier alpha value is 5.51. The first-order valence-corrected chi connectivity index (χ1v) is 0. The minimum Gasteiger partial charge on any atom is -0.358 e. The van der Waals surface area contributed by atoms with E-state index < -0.39 is 0 Å². The van der Waals surface area contributed by atoms with Crippen LogP contribution in [0.3, 0.4) is 0 Å². The zero-order valence-corrected chi connectivity index (χ0v) is 34.7. The van der Waals surface area contributed by atoms with Crippen molar-refractivity contribution in [2.75, 3.05) is 0 Å². The van der Waals surface area contributed by atoms with Gasteiger partial charge in [0.2, 0.25) is 0 Å². The van der Waals surface area contributed by atoms with Crippen LogP contribution in [0.15, 0.2) is 0 Å². The van der Waals surface area contributed by atoms with Gasteiger partial charge in [-0.1, -0.05) is 0 Å². The van der Waals surface area contributed by atoms with Crippen molar-refractivity contribution in [1.29, 1.82) is 0 Å². The first-order chi connectivity index (χ1) is 0. The van der Waals surface area contributed by atoms with Crippen molar-refractivity contribution in [3.8, 4) is 0 Å². The van der Waals surface area contributed by atoms with Gasteiger partial charge in [0.1, 0.15) is 0 Å². The predicted molar refractivity (Wildman–Crippen MR) is 51.3 cm³/mol. The minimum atomic E-state index is 0. The molecule has 0 rings (SSSR count). The molecule has 0 aromatic rings. The van der Waals surface area contributed by atoms with Crippen molar-refractivity contribution in [1.82, 2.24) is 0 Å². The van der Waals surface area contributed by atoms with Gasteiger partial charge in [-0.05, 0) is 0 Å². The second kappa shape index (κ2) is 257. The topological polar surface area (TPSA) is 0 Å². The van der Waals surface area contributed by atoms with Gasteiger partial charge in [-0.15, -0.1) is 0 Å². The summed E-state index contributed by atoms with van der Waals surface area (Å²) in [6.07, 6.45) is 0. The summed E-state index contributed by atoms with van der Waals surface area (Å²) in [6.45, 7) is 0. The van der Waals surface area contributed by atoms with E-state index in [-0.39, 0.29) is 228 Å². The van der Waals surface area contributed by atoms with E-state index in [4.69, 9.17) is 0 Å². The second-order valence-corrected chi connectivity index (χ2v) is 0. The Morgan fingerprint density at radius 3 is 0.188 bits per heavy atom. The molecule has 0 aliphatic rings. The van der Waals surface area contributed by atoms with E-state index in [1.807, 2.05) is 0 Å². The molecule has 8 heteroatoms. The monoisotopic (exact) mass is 1590 g/mol. The molecule has 0 aromatic carbocycles. The summed E-state index contributed by atoms with van der Waals surface area (Å²) >= 11 is 0. The summed E-state index contributed by atoms with van der Waals surface area (Å²) in [5.41, 5.74) is 0. The van der Waals surface area contributed by atoms with E-state index in [1.54, 1.807) is 0 Å². The molecule has 0 amide bonds. The molecule has 0 N–H and O–H groups in total. The number of hydrogen-bond acceptors (Lipinski definition) is 0. The molecule has 0 fully saturated rings. The van der Waals surface area contributed by atoms with Crippen molar-refractivity contribution in [2.45, 2.75) is 0 Å². The average Bonchev–Trinajstić information content (AvgIpc) is 0. The SMILES string of the molecule is [CH3-].[CH3-].[CH3-].[CH3-].[CH3-].[CH3-].[CH3-].[CH3-].[W+2].[W].[W].[W].[W].[W].[W].[W]. The van der Waals surface area contributed by atoms with Crippen LogP contribution in [0.4, 0.5) is 0 Å². The van der Waals surface area contributed by atoms with Gasteiger partial charge in [0.15, 0.2) is 0 Å². The fourth-order valence-electron chi connectivity index (χ4n) is 0. The summed E-state index contributed by atoms with van der Waals surface area (Å²) in [7, 11) is 0. The third-order valence-corrected chi connectivity index (χ3v) is 0. The zero-order chi connectivity index (χ0) is 0. The summed E-state index contributed by atoms with van der Waals surface area (Å²) in [6, 6.07) is 0. The van der Waals surface area contributed by atoms with Crippen LogP contribution < -0.4 is 0 Å². The third-order valence-electron chi connectivity index (χ3n) is 0. The predicted octanol–water partition coefficient (Wildman–Crippen LogP) is 3.58. The second-order valence-electron chi connectivity index (χ2n) is 0. The maximum atomic E-state index is 0. The van der Waals surface area contributed by atoms with E-state index in [0.717, 1.165) is 0 Å². The fourth-order valence-corrected chi connectivity index (χ4v) is 0. The van der Waals surface area contributed by atoms with Crippen LogP contribution in [-0.4, -0.2) is 0 Å². The Balaban J connectivity index is 0. The van der Waals surface area contributed by atoms with Crippen LogP contribution in [0.5, 0.6) is 0 Å². The maximum Gasteiger partial charge on any atom is 2.00 e. The molecule has 0 saturated carbocycles. The molecule has 0 aromatic heterocycles. The van der Waals surface area contributed by atoms with Crippen LogP contribution in [0.1, 0.15) is 0 Å². The van der Waals surface area contributed by atoms with Crippen molar-refractivity contribution in [2.24, 2.45) is 0 Å². The van der Waals surface area contributed by atoms with Crippen LogP contribution in [-0.2, 0) is 169 Å². The molecule has 16 heavy (non-hydrogen) atoms. The molecule has 0 bridgehead atoms. The summed E-state index contributed by atoms with van der Waals surface area (Å²) in [5, 5.41) is 0. The Morgan fingerprint density at radius 1 is 0.188 bits per heavy atom. The van der Waals surface area contributed by atoms with Gasteiger partial charge in [0, 0.05) is 147 Å². The summed E-state index contributed by atoms with van der Waals surface area (Å²) < 4.78 is 0. The molecule has 0 spiro atoms. The fraction of sp³-hybridized carbons (Fsp3) is 0. The largest absolute Gasteiger partial charge is 2.00 e. The molecule has 0 saturated heterocycles. The van der Waals surface area contributed by atoms with Gasteiger partial charge >= 0.3 is 21.1 Å². The molecule has 110 valence electrons. The molecule has 0 unspecified atom stereocenters. The van der Waals surface area contributed by atoms with Gasteiger partial charge in [0.25, 0.3) is 0 Å². The normalized spacial score (nSPS) is 0. The molecule has 0 heterocycles. The molecular weight excluding hydrogens is 1570 g/mol. The molecule has 0 aliphatic carbocycles. The molecular formula is C8H24W8-6. The van der Waals surface area contributed by atoms with Crippen LogP contribution in [0.2, 0.25) is 0 Å². The smallest absolute Gasteiger partial charge is 0.358 e. The molecule has 0 atom stereocenters. The molecule has 0 nitrogen and oxygen atoms in total. The van der Waals surface area contributed by atoms with Crippen LogP contribution >= 0.6 is 0 Å². The Bertz CT molecular complexity index is 16.0. The Morgan fingerprint density at radius 2 is 0.188 bits per heavy atom. The quantitative estimate of drug-likeness (QED) is 0.326. The summed E-state index contributed by atoms with van der Waals surface area (Å²) in [4.78, 5) is 0. The third kappa shape index (κ3) is 220. The summed E-state index contributed by atoms with van der Waals surface area (Å²) in [5.74, 6) is 0. The van der Waals surface area contributed by atoms with E-state index in [2.05, 4.69) is 0 Å². The molecule has 0 radical (unpaired) electrons. The first-order valence-electron chi connectivity index (χ1n) is 0. The zero-order valence-electron chi connectivity index (χ0n) is 11.3. The number of rotatable bonds is 0. The van der Waals surface area contributed by atoms with Crippen LogP contribution in [0.25, 0.3) is 0 Å². The molecule has 0 aliphatic heterocycles. The van der Waals surface area contributed by atoms with Crippen molar-refractivity contribution < 1.29 is 169 Å². The minimum absolute atomic E-state index is 0. The standard InChI is InChI=1S/8CH3.8W/h8*1H3;;;;;;;;/q8*-1;;;;;;;;+2. The van der Waals surface area contributed by atoms with Gasteiger partial charge in [0.05, 0.1) is 0 Å². The van der Waals surface area contributed by atoms with E-state index >= 15 is 0 Å². The van der Waals surface area contributed by atoms with E-state index in [9.17, 15) is 0 Å². The first kappa shape index (κ1) is 298. The van der Waals surface area contributed by atoms with Crippen molar-refractivity contribution >= 4 is 0 Å². The van der Waals surface area contributed by atoms with E-state index in [1.165, 1.54) is 0 Å².